The number of hydrogen-bond donors (Lipinski definition) is 2. The summed E-state index contributed by atoms with van der Waals surface area (Å²) in [6, 6.07) is 13.1. The maximum Gasteiger partial charge on any atom is 0.335 e. The molecule has 0 saturated carbocycles. The van der Waals surface area contributed by atoms with Crippen molar-refractivity contribution in [3.05, 3.63) is 76.5 Å². The van der Waals surface area contributed by atoms with Crippen molar-refractivity contribution in [3.8, 4) is 0 Å². The first-order valence-electron chi connectivity index (χ1n) is 11.7. The number of anilines is 2. The summed E-state index contributed by atoms with van der Waals surface area (Å²) >= 11 is 0. The quantitative estimate of drug-likeness (QED) is 0.354. The third-order valence-corrected chi connectivity index (χ3v) is 8.01. The number of morpholine rings is 1. The molecule has 1 fully saturated rings. The van der Waals surface area contributed by atoms with Crippen LogP contribution in [-0.4, -0.2) is 66.3 Å². The van der Waals surface area contributed by atoms with Crippen LogP contribution in [0.25, 0.3) is 0 Å². The van der Waals surface area contributed by atoms with E-state index in [2.05, 4.69) is 25.4 Å². The number of nitrogens with one attached hydrogen (secondary N) is 1. The van der Waals surface area contributed by atoms with Crippen molar-refractivity contribution >= 4 is 34.0 Å². The molecule has 0 unspecified atom stereocenters. The van der Waals surface area contributed by atoms with Crippen molar-refractivity contribution in [2.75, 3.05) is 36.6 Å². The fourth-order valence-corrected chi connectivity index (χ4v) is 5.67. The van der Waals surface area contributed by atoms with Crippen LogP contribution in [0.1, 0.15) is 32.7 Å². The van der Waals surface area contributed by atoms with Crippen molar-refractivity contribution in [3.63, 3.8) is 0 Å². The minimum Gasteiger partial charge on any atom is -0.478 e. The average molecular weight is 523 g/mol. The smallest absolute Gasteiger partial charge is 0.335 e. The largest absolute Gasteiger partial charge is 0.478 e. The molecule has 3 heterocycles. The van der Waals surface area contributed by atoms with Gasteiger partial charge in [-0.2, -0.15) is 14.4 Å². The van der Waals surface area contributed by atoms with Crippen LogP contribution in [0.3, 0.4) is 0 Å². The Morgan fingerprint density at radius 1 is 1.11 bits per heavy atom. The number of aryl methyl sites for hydroxylation is 1. The maximum absolute atomic E-state index is 13.4. The molecular weight excluding hydrogens is 496 g/mol. The van der Waals surface area contributed by atoms with Gasteiger partial charge in [0.2, 0.25) is 16.0 Å². The lowest BCUT2D eigenvalue weighted by Gasteiger charge is -2.29. The summed E-state index contributed by atoms with van der Waals surface area (Å²) in [5.41, 5.74) is 6.28. The predicted molar refractivity (Wildman–Crippen MR) is 137 cm³/mol. The molecule has 2 N–H and O–H groups in total. The number of benzene rings is 2. The Morgan fingerprint density at radius 2 is 1.86 bits per heavy atom. The van der Waals surface area contributed by atoms with Crippen LogP contribution in [-0.2, 0) is 27.8 Å². The summed E-state index contributed by atoms with van der Waals surface area (Å²) in [5.74, 6) is -0.192. The Morgan fingerprint density at radius 3 is 2.57 bits per heavy atom. The number of hydrazone groups is 1. The van der Waals surface area contributed by atoms with Crippen LogP contribution in [0.2, 0.25) is 0 Å². The molecule has 2 aliphatic rings. The first-order chi connectivity index (χ1) is 17.8. The molecule has 0 atom stereocenters. The highest BCUT2D eigenvalue weighted by molar-refractivity contribution is 7.89. The topological polar surface area (TPSA) is 137 Å². The summed E-state index contributed by atoms with van der Waals surface area (Å²) in [5, 5.41) is 13.4. The predicted octanol–water partition coefficient (Wildman–Crippen LogP) is 2.47. The maximum atomic E-state index is 13.4. The van der Waals surface area contributed by atoms with Crippen LogP contribution in [0.15, 0.2) is 58.5 Å². The second-order valence-electron chi connectivity index (χ2n) is 8.78. The Balaban J connectivity index is 1.43. The van der Waals surface area contributed by atoms with Gasteiger partial charge in [0.05, 0.1) is 42.1 Å². The van der Waals surface area contributed by atoms with Gasteiger partial charge in [-0.05, 0) is 36.8 Å². The zero-order chi connectivity index (χ0) is 26.0. The molecule has 0 radical (unpaired) electrons. The molecule has 0 amide bonds. The molecule has 12 heteroatoms. The molecule has 3 aromatic rings. The highest BCUT2D eigenvalue weighted by Gasteiger charge is 2.35. The molecule has 0 aliphatic carbocycles. The first-order valence-corrected chi connectivity index (χ1v) is 13.2. The number of rotatable bonds is 7. The van der Waals surface area contributed by atoms with Crippen LogP contribution < -0.4 is 10.3 Å². The molecule has 192 valence electrons. The van der Waals surface area contributed by atoms with Crippen molar-refractivity contribution in [1.29, 1.82) is 0 Å². The molecule has 1 saturated heterocycles. The summed E-state index contributed by atoms with van der Waals surface area (Å²) in [6.45, 7) is 4.52. The number of aromatic nitrogens is 2. The van der Waals surface area contributed by atoms with Gasteiger partial charge < -0.3 is 14.7 Å². The van der Waals surface area contributed by atoms with Crippen LogP contribution in [0, 0.1) is 6.92 Å². The third-order valence-electron chi connectivity index (χ3n) is 6.20. The van der Waals surface area contributed by atoms with E-state index in [-0.39, 0.29) is 29.5 Å². The Labute approximate surface area is 214 Å². The molecule has 2 aliphatic heterocycles. The summed E-state index contributed by atoms with van der Waals surface area (Å²) in [6.07, 6.45) is 1.68. The van der Waals surface area contributed by atoms with Gasteiger partial charge in [-0.15, -0.1) is 0 Å². The number of nitrogens with zero attached hydrogens (tertiary/aromatic N) is 5. The van der Waals surface area contributed by atoms with E-state index in [0.29, 0.717) is 37.8 Å². The minimum absolute atomic E-state index is 0.0195. The SMILES string of the molecule is Cc1cccc(/C=N/Nc2nc3c(c(N4CCOCC4)n2)CN(S(=O)(=O)c2ccc(C(=O)O)cc2)C3)c1. The van der Waals surface area contributed by atoms with E-state index in [1.807, 2.05) is 31.2 Å². The minimum atomic E-state index is -3.89. The summed E-state index contributed by atoms with van der Waals surface area (Å²) in [7, 11) is -3.89. The molecule has 0 bridgehead atoms. The molecular formula is C25H26N6O5S. The number of sulfonamides is 1. The number of carboxylic acids is 1. The van der Waals surface area contributed by atoms with Gasteiger partial charge in [-0.25, -0.2) is 23.6 Å². The van der Waals surface area contributed by atoms with Crippen LogP contribution >= 0.6 is 0 Å². The zero-order valence-electron chi connectivity index (χ0n) is 20.2. The second kappa shape index (κ2) is 10.2. The van der Waals surface area contributed by atoms with Gasteiger partial charge >= 0.3 is 5.97 Å². The first kappa shape index (κ1) is 24.8. The van der Waals surface area contributed by atoms with E-state index in [0.717, 1.165) is 16.7 Å². The number of ether oxygens (including phenoxy) is 1. The normalized spacial score (nSPS) is 16.2. The number of hydrogen-bond acceptors (Lipinski definition) is 9. The number of carbonyl (C=O) groups is 1. The van der Waals surface area contributed by atoms with Crippen molar-refractivity contribution in [1.82, 2.24) is 14.3 Å². The third kappa shape index (κ3) is 5.31. The molecule has 11 nitrogen and oxygen atoms in total. The van der Waals surface area contributed by atoms with Gasteiger partial charge in [0.15, 0.2) is 0 Å². The molecule has 5 rings (SSSR count). The van der Waals surface area contributed by atoms with Crippen LogP contribution in [0.4, 0.5) is 11.8 Å². The van der Waals surface area contributed by atoms with Crippen molar-refractivity contribution < 1.29 is 23.1 Å². The number of carboxylic acid groups (broad SMARTS) is 1. The van der Waals surface area contributed by atoms with Gasteiger partial charge in [-0.3, -0.25) is 0 Å². The monoisotopic (exact) mass is 522 g/mol. The lowest BCUT2D eigenvalue weighted by molar-refractivity contribution is 0.0696. The van der Waals surface area contributed by atoms with Gasteiger partial charge in [0.1, 0.15) is 5.82 Å². The van der Waals surface area contributed by atoms with Crippen molar-refractivity contribution in [2.45, 2.75) is 24.9 Å². The fraction of sp³-hybridized carbons (Fsp3) is 0.280. The van der Waals surface area contributed by atoms with Crippen molar-refractivity contribution in [2.24, 2.45) is 5.10 Å². The highest BCUT2D eigenvalue weighted by Crippen LogP contribution is 2.34. The summed E-state index contributed by atoms with van der Waals surface area (Å²) < 4.78 is 33.5. The van der Waals surface area contributed by atoms with Gasteiger partial charge in [0, 0.05) is 25.2 Å². The van der Waals surface area contributed by atoms with Gasteiger partial charge in [-0.1, -0.05) is 29.8 Å². The van der Waals surface area contributed by atoms with E-state index in [1.165, 1.54) is 28.6 Å². The zero-order valence-corrected chi connectivity index (χ0v) is 21.0. The van der Waals surface area contributed by atoms with Crippen LogP contribution in [0.5, 0.6) is 0 Å². The number of aromatic carboxylic acids is 1. The van der Waals surface area contributed by atoms with E-state index < -0.39 is 16.0 Å². The van der Waals surface area contributed by atoms with E-state index in [9.17, 15) is 13.2 Å². The Kier molecular flexibility index (Phi) is 6.87. The average Bonchev–Trinajstić information content (AvgIpc) is 3.34. The van der Waals surface area contributed by atoms with E-state index in [4.69, 9.17) is 9.84 Å². The Bertz CT molecular complexity index is 1450. The Hall–Kier alpha value is -3.87. The van der Waals surface area contributed by atoms with Gasteiger partial charge in [0.25, 0.3) is 0 Å². The molecule has 0 spiro atoms. The lowest BCUT2D eigenvalue weighted by atomic mass is 10.2. The second-order valence-corrected chi connectivity index (χ2v) is 10.7. The lowest BCUT2D eigenvalue weighted by Crippen LogP contribution is -2.37. The highest BCUT2D eigenvalue weighted by atomic mass is 32.2. The number of fused-ring (bicyclic) bond motifs is 1. The standard InChI is InChI=1S/C25H26N6O5S/c1-17-3-2-4-18(13-17)14-26-29-25-27-22-16-31(15-21(22)23(28-25)30-9-11-36-12-10-30)37(34,35)20-7-5-19(6-8-20)24(32)33/h2-8,13-14H,9-12,15-16H2,1H3,(H,32,33)(H,27,28,29)/b26-14+. The van der Waals surface area contributed by atoms with E-state index in [1.54, 1.807) is 6.21 Å². The van der Waals surface area contributed by atoms with E-state index >= 15 is 0 Å². The summed E-state index contributed by atoms with van der Waals surface area (Å²) in [4.78, 5) is 22.5. The molecule has 1 aromatic heterocycles. The molecule has 37 heavy (non-hydrogen) atoms. The molecule has 2 aromatic carbocycles. The fourth-order valence-electron chi connectivity index (χ4n) is 4.30.